The van der Waals surface area contributed by atoms with E-state index in [-0.39, 0.29) is 5.91 Å². The number of aryl methyl sites for hydroxylation is 3. The zero-order valence-electron chi connectivity index (χ0n) is 13.3. The lowest BCUT2D eigenvalue weighted by atomic mass is 10.1. The Labute approximate surface area is 130 Å². The molecule has 6 nitrogen and oxygen atoms in total. The third-order valence-electron chi connectivity index (χ3n) is 4.17. The summed E-state index contributed by atoms with van der Waals surface area (Å²) in [4.78, 5) is 14.4. The van der Waals surface area contributed by atoms with E-state index in [1.165, 1.54) is 0 Å². The third-order valence-corrected chi connectivity index (χ3v) is 4.17. The highest BCUT2D eigenvalue weighted by molar-refractivity contribution is 5.76. The van der Waals surface area contributed by atoms with E-state index in [0.29, 0.717) is 19.0 Å². The molecule has 118 valence electrons. The first-order valence-electron chi connectivity index (χ1n) is 7.89. The lowest BCUT2D eigenvalue weighted by molar-refractivity contribution is -0.133. The third kappa shape index (κ3) is 3.37. The van der Waals surface area contributed by atoms with Crippen molar-refractivity contribution in [1.29, 1.82) is 0 Å². The summed E-state index contributed by atoms with van der Waals surface area (Å²) in [6.45, 7) is 6.31. The van der Waals surface area contributed by atoms with E-state index in [2.05, 4.69) is 16.4 Å². The zero-order chi connectivity index (χ0) is 15.5. The minimum Gasteiger partial charge on any atom is -0.340 e. The van der Waals surface area contributed by atoms with Gasteiger partial charge < -0.3 is 4.90 Å². The molecule has 0 saturated carbocycles. The number of hydrogen-bond donors (Lipinski definition) is 0. The van der Waals surface area contributed by atoms with Gasteiger partial charge in [-0.1, -0.05) is 0 Å². The molecule has 2 aromatic rings. The lowest BCUT2D eigenvalue weighted by Gasteiger charge is -2.33. The molecule has 2 aromatic heterocycles. The maximum absolute atomic E-state index is 12.4. The van der Waals surface area contributed by atoms with Gasteiger partial charge in [-0.25, -0.2) is 0 Å². The predicted octanol–water partition coefficient (Wildman–Crippen LogP) is 1.95. The summed E-state index contributed by atoms with van der Waals surface area (Å²) in [6.07, 6.45) is 10.4. The first kappa shape index (κ1) is 14.8. The van der Waals surface area contributed by atoms with Crippen molar-refractivity contribution in [3.05, 3.63) is 35.9 Å². The summed E-state index contributed by atoms with van der Waals surface area (Å²) in [5, 5.41) is 8.62. The van der Waals surface area contributed by atoms with E-state index in [1.54, 1.807) is 0 Å². The van der Waals surface area contributed by atoms with E-state index < -0.39 is 0 Å². The molecule has 22 heavy (non-hydrogen) atoms. The van der Waals surface area contributed by atoms with Crippen LogP contribution in [0.3, 0.4) is 0 Å². The van der Waals surface area contributed by atoms with Crippen LogP contribution in [0.25, 0.3) is 0 Å². The second-order valence-electron chi connectivity index (χ2n) is 6.16. The molecule has 1 aliphatic rings. The second kappa shape index (κ2) is 6.34. The summed E-state index contributed by atoms with van der Waals surface area (Å²) in [7, 11) is 0. The Morgan fingerprint density at radius 1 is 1.23 bits per heavy atom. The topological polar surface area (TPSA) is 56.0 Å². The molecule has 0 aliphatic carbocycles. The first-order valence-corrected chi connectivity index (χ1v) is 7.89. The number of carbonyl (C=O) groups excluding carboxylic acids is 1. The van der Waals surface area contributed by atoms with Gasteiger partial charge in [0.05, 0.1) is 18.4 Å². The van der Waals surface area contributed by atoms with Gasteiger partial charge in [-0.3, -0.25) is 14.2 Å². The van der Waals surface area contributed by atoms with Gasteiger partial charge >= 0.3 is 0 Å². The summed E-state index contributed by atoms with van der Waals surface area (Å²) in [5.41, 5.74) is 2.29. The van der Waals surface area contributed by atoms with Gasteiger partial charge in [0.25, 0.3) is 0 Å². The predicted molar refractivity (Wildman–Crippen MR) is 83.4 cm³/mol. The molecular formula is C16H23N5O. The van der Waals surface area contributed by atoms with Gasteiger partial charge in [0.2, 0.25) is 5.91 Å². The fourth-order valence-electron chi connectivity index (χ4n) is 2.99. The molecule has 3 heterocycles. The van der Waals surface area contributed by atoms with Crippen molar-refractivity contribution in [1.82, 2.24) is 24.5 Å². The van der Waals surface area contributed by atoms with Crippen molar-refractivity contribution in [2.24, 2.45) is 0 Å². The number of hydrogen-bond acceptors (Lipinski definition) is 3. The summed E-state index contributed by atoms with van der Waals surface area (Å²) in [5.74, 6) is 0.210. The molecule has 1 saturated heterocycles. The van der Waals surface area contributed by atoms with Crippen LogP contribution < -0.4 is 0 Å². The number of amides is 1. The summed E-state index contributed by atoms with van der Waals surface area (Å²) < 4.78 is 3.84. The number of aromatic nitrogens is 4. The number of carbonyl (C=O) groups is 1. The molecule has 0 unspecified atom stereocenters. The number of likely N-dealkylation sites (tertiary alicyclic amines) is 1. The van der Waals surface area contributed by atoms with Crippen molar-refractivity contribution in [2.45, 2.75) is 45.7 Å². The van der Waals surface area contributed by atoms with Gasteiger partial charge in [0.1, 0.15) is 0 Å². The Balaban J connectivity index is 1.55. The Kier molecular flexibility index (Phi) is 4.27. The quantitative estimate of drug-likeness (QED) is 0.867. The normalized spacial score (nSPS) is 18.6. The molecule has 0 bridgehead atoms. The zero-order valence-corrected chi connectivity index (χ0v) is 13.3. The molecule has 1 atom stereocenters. The molecule has 1 aliphatic heterocycles. The molecule has 0 aromatic carbocycles. The van der Waals surface area contributed by atoms with Gasteiger partial charge in [-0.15, -0.1) is 0 Å². The van der Waals surface area contributed by atoms with Crippen LogP contribution in [0.4, 0.5) is 0 Å². The highest BCUT2D eigenvalue weighted by Gasteiger charge is 2.24. The average Bonchev–Trinajstić information content (AvgIpc) is 3.13. The molecule has 0 N–H and O–H groups in total. The average molecular weight is 301 g/mol. The Morgan fingerprint density at radius 2 is 2.00 bits per heavy atom. The van der Waals surface area contributed by atoms with Crippen molar-refractivity contribution in [3.63, 3.8) is 0 Å². The van der Waals surface area contributed by atoms with Crippen LogP contribution in [0.15, 0.2) is 24.8 Å². The fraction of sp³-hybridized carbons (Fsp3) is 0.562. The van der Waals surface area contributed by atoms with Crippen LogP contribution in [0.5, 0.6) is 0 Å². The van der Waals surface area contributed by atoms with Crippen molar-refractivity contribution < 1.29 is 4.79 Å². The van der Waals surface area contributed by atoms with Crippen molar-refractivity contribution in [3.8, 4) is 0 Å². The maximum Gasteiger partial charge on any atom is 0.224 e. The smallest absolute Gasteiger partial charge is 0.224 e. The van der Waals surface area contributed by atoms with Crippen molar-refractivity contribution in [2.75, 3.05) is 13.1 Å². The van der Waals surface area contributed by atoms with Crippen LogP contribution in [0.2, 0.25) is 0 Å². The minimum atomic E-state index is 0.210. The van der Waals surface area contributed by atoms with Crippen LogP contribution in [-0.2, 0) is 11.3 Å². The standard InChI is InChI=1S/C16H23N5O/c1-13-8-17-20(10-13)7-5-16(22)19-6-3-4-15(12-19)21-11-14(2)9-18-21/h8-11,15H,3-7,12H2,1-2H3/t15-/m0/s1. The van der Waals surface area contributed by atoms with Crippen LogP contribution in [-0.4, -0.2) is 43.5 Å². The van der Waals surface area contributed by atoms with Crippen LogP contribution in [0, 0.1) is 13.8 Å². The highest BCUT2D eigenvalue weighted by Crippen LogP contribution is 2.21. The molecule has 1 fully saturated rings. The second-order valence-corrected chi connectivity index (χ2v) is 6.16. The molecule has 0 radical (unpaired) electrons. The highest BCUT2D eigenvalue weighted by atomic mass is 16.2. The van der Waals surface area contributed by atoms with E-state index in [0.717, 1.165) is 37.1 Å². The van der Waals surface area contributed by atoms with Crippen molar-refractivity contribution >= 4 is 5.91 Å². The maximum atomic E-state index is 12.4. The number of rotatable bonds is 4. The molecular weight excluding hydrogens is 278 g/mol. The lowest BCUT2D eigenvalue weighted by Crippen LogP contribution is -2.41. The van der Waals surface area contributed by atoms with Gasteiger partial charge in [0.15, 0.2) is 0 Å². The first-order chi connectivity index (χ1) is 10.6. The fourth-order valence-corrected chi connectivity index (χ4v) is 2.99. The SMILES string of the molecule is Cc1cnn(CCC(=O)N2CCC[C@H](n3cc(C)cn3)C2)c1. The van der Waals surface area contributed by atoms with Crippen LogP contribution >= 0.6 is 0 Å². The Hall–Kier alpha value is -2.11. The van der Waals surface area contributed by atoms with Crippen LogP contribution in [0.1, 0.15) is 36.4 Å². The molecule has 1 amide bonds. The van der Waals surface area contributed by atoms with E-state index >= 15 is 0 Å². The number of piperidine rings is 1. The van der Waals surface area contributed by atoms with Gasteiger partial charge in [-0.2, -0.15) is 10.2 Å². The van der Waals surface area contributed by atoms with Gasteiger partial charge in [0, 0.05) is 38.4 Å². The number of nitrogens with zero attached hydrogens (tertiary/aromatic N) is 5. The monoisotopic (exact) mass is 301 g/mol. The Bertz CT molecular complexity index is 645. The Morgan fingerprint density at radius 3 is 2.68 bits per heavy atom. The summed E-state index contributed by atoms with van der Waals surface area (Å²) in [6, 6.07) is 0.304. The molecule has 3 rings (SSSR count). The molecule has 6 heteroatoms. The largest absolute Gasteiger partial charge is 0.340 e. The molecule has 0 spiro atoms. The van der Waals surface area contributed by atoms with E-state index in [4.69, 9.17) is 0 Å². The van der Waals surface area contributed by atoms with Gasteiger partial charge in [-0.05, 0) is 37.8 Å². The summed E-state index contributed by atoms with van der Waals surface area (Å²) >= 11 is 0. The van der Waals surface area contributed by atoms with E-state index in [1.807, 2.05) is 46.7 Å². The van der Waals surface area contributed by atoms with E-state index in [9.17, 15) is 4.79 Å². The minimum absolute atomic E-state index is 0.210.